The molecule has 0 aliphatic carbocycles. The molecule has 0 atom stereocenters. The first-order chi connectivity index (χ1) is 8.52. The average molecular weight is 285 g/mol. The van der Waals surface area contributed by atoms with Gasteiger partial charge in [0.2, 0.25) is 5.91 Å². The number of carbonyl (C=O) groups excluding carboxylic acids is 1. The number of rotatable bonds is 3. The number of nitrogens with one attached hydrogen (secondary N) is 1. The van der Waals surface area contributed by atoms with E-state index in [2.05, 4.69) is 9.97 Å². The quantitative estimate of drug-likeness (QED) is 0.880. The van der Waals surface area contributed by atoms with E-state index in [1.54, 1.807) is 22.6 Å². The molecule has 0 saturated heterocycles. The van der Waals surface area contributed by atoms with Gasteiger partial charge in [-0.05, 0) is 25.2 Å². The average Bonchev–Trinajstić information content (AvgIpc) is 2.64. The lowest BCUT2D eigenvalue weighted by Crippen LogP contribution is -2.29. The van der Waals surface area contributed by atoms with Crippen LogP contribution in [0.25, 0.3) is 11.2 Å². The lowest BCUT2D eigenvalue weighted by atomic mass is 10.4. The summed E-state index contributed by atoms with van der Waals surface area (Å²) in [6.45, 7) is 2.76. The van der Waals surface area contributed by atoms with Gasteiger partial charge in [0.05, 0.1) is 10.5 Å². The van der Waals surface area contributed by atoms with Crippen molar-refractivity contribution < 1.29 is 4.79 Å². The Balaban J connectivity index is 2.42. The summed E-state index contributed by atoms with van der Waals surface area (Å²) in [5.74, 6) is -0.00810. The molecule has 0 aliphatic rings. The third kappa shape index (κ3) is 2.39. The maximum absolute atomic E-state index is 11.9. The van der Waals surface area contributed by atoms with E-state index in [9.17, 15) is 4.79 Å². The van der Waals surface area contributed by atoms with Gasteiger partial charge in [0.25, 0.3) is 0 Å². The minimum Gasteiger partial charge on any atom is -0.344 e. The number of imidazole rings is 1. The van der Waals surface area contributed by atoms with Crippen molar-refractivity contribution in [3.05, 3.63) is 22.1 Å². The van der Waals surface area contributed by atoms with Crippen LogP contribution in [0.5, 0.6) is 0 Å². The smallest absolute Gasteiger partial charge is 0.242 e. The van der Waals surface area contributed by atoms with Crippen molar-refractivity contribution in [3.8, 4) is 0 Å². The summed E-state index contributed by atoms with van der Waals surface area (Å²) >= 11 is 11.0. The van der Waals surface area contributed by atoms with Crippen molar-refractivity contribution in [2.75, 3.05) is 13.6 Å². The van der Waals surface area contributed by atoms with Gasteiger partial charge in [-0.25, -0.2) is 4.98 Å². The zero-order valence-corrected chi connectivity index (χ0v) is 11.7. The zero-order valence-electron chi connectivity index (χ0n) is 10.1. The lowest BCUT2D eigenvalue weighted by molar-refractivity contribution is -0.130. The fourth-order valence-electron chi connectivity index (χ4n) is 1.60. The Kier molecular flexibility index (Phi) is 3.68. The van der Waals surface area contributed by atoms with Gasteiger partial charge in [0.15, 0.2) is 10.4 Å². The summed E-state index contributed by atoms with van der Waals surface area (Å²) in [4.78, 5) is 20.7. The first kappa shape index (κ1) is 13.0. The maximum Gasteiger partial charge on any atom is 0.242 e. The molecule has 1 amide bonds. The van der Waals surface area contributed by atoms with Crippen molar-refractivity contribution in [3.63, 3.8) is 0 Å². The summed E-state index contributed by atoms with van der Waals surface area (Å²) < 4.78 is 2.15. The summed E-state index contributed by atoms with van der Waals surface area (Å²) in [5, 5.41) is 0.530. The zero-order chi connectivity index (χ0) is 13.3. The molecular formula is C11H13ClN4OS. The minimum absolute atomic E-state index is 0.00810. The molecule has 96 valence electrons. The van der Waals surface area contributed by atoms with Crippen LogP contribution in [-0.2, 0) is 11.3 Å². The van der Waals surface area contributed by atoms with Gasteiger partial charge in [-0.3, -0.25) is 9.36 Å². The molecule has 18 heavy (non-hydrogen) atoms. The Bertz CT molecular complexity index is 648. The van der Waals surface area contributed by atoms with Crippen LogP contribution >= 0.6 is 23.8 Å². The minimum atomic E-state index is -0.00810. The third-order valence-electron chi connectivity index (χ3n) is 2.77. The highest BCUT2D eigenvalue weighted by atomic mass is 35.5. The monoisotopic (exact) mass is 284 g/mol. The van der Waals surface area contributed by atoms with Crippen LogP contribution in [0.3, 0.4) is 0 Å². The van der Waals surface area contributed by atoms with Gasteiger partial charge in [-0.15, -0.1) is 0 Å². The largest absolute Gasteiger partial charge is 0.344 e. The van der Waals surface area contributed by atoms with E-state index in [-0.39, 0.29) is 12.5 Å². The number of carbonyl (C=O) groups is 1. The van der Waals surface area contributed by atoms with Gasteiger partial charge < -0.3 is 9.88 Å². The van der Waals surface area contributed by atoms with Crippen molar-refractivity contribution >= 4 is 40.9 Å². The van der Waals surface area contributed by atoms with Crippen LogP contribution in [0.15, 0.2) is 12.3 Å². The molecule has 2 rings (SSSR count). The van der Waals surface area contributed by atoms with Crippen molar-refractivity contribution in [1.82, 2.24) is 19.4 Å². The number of hydrogen-bond acceptors (Lipinski definition) is 3. The first-order valence-electron chi connectivity index (χ1n) is 5.51. The van der Waals surface area contributed by atoms with Crippen LogP contribution in [0, 0.1) is 4.77 Å². The van der Waals surface area contributed by atoms with E-state index in [4.69, 9.17) is 23.8 Å². The van der Waals surface area contributed by atoms with Gasteiger partial charge >= 0.3 is 0 Å². The lowest BCUT2D eigenvalue weighted by Gasteiger charge is -2.14. The molecule has 2 aromatic heterocycles. The molecule has 7 heteroatoms. The van der Waals surface area contributed by atoms with Crippen LogP contribution in [0.2, 0.25) is 5.02 Å². The number of aromatic nitrogens is 3. The Morgan fingerprint density at radius 2 is 2.39 bits per heavy atom. The fraction of sp³-hybridized carbons (Fsp3) is 0.364. The number of fused-ring (bicyclic) bond motifs is 1. The predicted molar refractivity (Wildman–Crippen MR) is 73.2 cm³/mol. The Morgan fingerprint density at radius 1 is 1.67 bits per heavy atom. The second-order valence-corrected chi connectivity index (χ2v) is 4.77. The van der Waals surface area contributed by atoms with E-state index in [1.165, 1.54) is 6.20 Å². The third-order valence-corrected chi connectivity index (χ3v) is 3.30. The number of H-pyrrole nitrogens is 1. The molecule has 0 radical (unpaired) electrons. The summed E-state index contributed by atoms with van der Waals surface area (Å²) in [7, 11) is 1.76. The second-order valence-electron chi connectivity index (χ2n) is 3.95. The SMILES string of the molecule is CCN(C)C(=O)Cn1c(=S)[nH]c2cc(Cl)cnc21. The number of pyridine rings is 1. The highest BCUT2D eigenvalue weighted by Gasteiger charge is 2.12. The normalized spacial score (nSPS) is 10.8. The molecule has 0 aromatic carbocycles. The molecule has 1 N–H and O–H groups in total. The summed E-state index contributed by atoms with van der Waals surface area (Å²) in [6, 6.07) is 1.74. The maximum atomic E-state index is 11.9. The van der Waals surface area contributed by atoms with E-state index >= 15 is 0 Å². The molecule has 0 spiro atoms. The number of aromatic amines is 1. The predicted octanol–water partition coefficient (Wildman–Crippen LogP) is 2.23. The Hall–Kier alpha value is -1.40. The number of amides is 1. The van der Waals surface area contributed by atoms with Crippen molar-refractivity contribution in [2.24, 2.45) is 0 Å². The van der Waals surface area contributed by atoms with Crippen LogP contribution < -0.4 is 0 Å². The number of likely N-dealkylation sites (N-methyl/N-ethyl adjacent to an activating group) is 1. The van der Waals surface area contributed by atoms with E-state index in [1.807, 2.05) is 6.92 Å². The molecule has 0 unspecified atom stereocenters. The molecular weight excluding hydrogens is 272 g/mol. The number of halogens is 1. The van der Waals surface area contributed by atoms with Crippen LogP contribution in [-0.4, -0.2) is 38.9 Å². The summed E-state index contributed by atoms with van der Waals surface area (Å²) in [6.07, 6.45) is 1.54. The number of hydrogen-bond donors (Lipinski definition) is 1. The molecule has 2 heterocycles. The fourth-order valence-corrected chi connectivity index (χ4v) is 2.02. The standard InChI is InChI=1S/C11H13ClN4OS/c1-3-15(2)9(17)6-16-10-8(14-11(16)18)4-7(12)5-13-10/h4-5H,3,6H2,1-2H3,(H,14,18). The molecule has 0 fully saturated rings. The van der Waals surface area contributed by atoms with Crippen molar-refractivity contribution in [2.45, 2.75) is 13.5 Å². The first-order valence-corrected chi connectivity index (χ1v) is 6.29. The molecule has 0 saturated carbocycles. The Labute approximate surface area is 114 Å². The van der Waals surface area contributed by atoms with Crippen molar-refractivity contribution in [1.29, 1.82) is 0 Å². The second kappa shape index (κ2) is 5.07. The van der Waals surface area contributed by atoms with Gasteiger partial charge in [-0.2, -0.15) is 0 Å². The molecule has 0 aliphatic heterocycles. The van der Waals surface area contributed by atoms with E-state index < -0.39 is 0 Å². The van der Waals surface area contributed by atoms with E-state index in [0.717, 1.165) is 5.52 Å². The highest BCUT2D eigenvalue weighted by molar-refractivity contribution is 7.71. The summed E-state index contributed by atoms with van der Waals surface area (Å²) in [5.41, 5.74) is 1.38. The highest BCUT2D eigenvalue weighted by Crippen LogP contribution is 2.16. The van der Waals surface area contributed by atoms with Crippen LogP contribution in [0.4, 0.5) is 0 Å². The van der Waals surface area contributed by atoms with E-state index in [0.29, 0.717) is 22.0 Å². The van der Waals surface area contributed by atoms with Gasteiger partial charge in [0.1, 0.15) is 6.54 Å². The topological polar surface area (TPSA) is 53.9 Å². The van der Waals surface area contributed by atoms with Crippen LogP contribution in [0.1, 0.15) is 6.92 Å². The van der Waals surface area contributed by atoms with Gasteiger partial charge in [-0.1, -0.05) is 11.6 Å². The molecule has 2 aromatic rings. The Morgan fingerprint density at radius 3 is 3.06 bits per heavy atom. The molecule has 0 bridgehead atoms. The number of nitrogens with zero attached hydrogens (tertiary/aromatic N) is 3. The van der Waals surface area contributed by atoms with Gasteiger partial charge in [0, 0.05) is 19.8 Å². The molecule has 5 nitrogen and oxygen atoms in total.